The molecule has 0 aliphatic rings. The van der Waals surface area contributed by atoms with Crippen LogP contribution in [0.1, 0.15) is 0 Å². The van der Waals surface area contributed by atoms with Gasteiger partial charge in [-0.25, -0.2) is 4.79 Å². The summed E-state index contributed by atoms with van der Waals surface area (Å²) in [6.07, 6.45) is 0.738. The molecule has 0 heterocycles. The summed E-state index contributed by atoms with van der Waals surface area (Å²) in [7, 11) is 0. The second kappa shape index (κ2) is 2.96. The highest BCUT2D eigenvalue weighted by Crippen LogP contribution is 1.74. The molecular formula is C4H5NO3. The maximum absolute atomic E-state index is 9.75. The molecule has 0 saturated heterocycles. The lowest BCUT2D eigenvalue weighted by atomic mass is 10.3. The smallest absolute Gasteiger partial charge is 0.325 e. The van der Waals surface area contributed by atoms with Crippen LogP contribution in [-0.2, 0) is 9.59 Å². The van der Waals surface area contributed by atoms with Crippen LogP contribution >= 0.6 is 0 Å². The van der Waals surface area contributed by atoms with Gasteiger partial charge < -0.3 is 10.8 Å². The normalized spacial score (nSPS) is 11.6. The number of carboxylic acid groups (broad SMARTS) is 1. The third kappa shape index (κ3) is 2.12. The van der Waals surface area contributed by atoms with Crippen molar-refractivity contribution in [1.29, 1.82) is 0 Å². The highest BCUT2D eigenvalue weighted by atomic mass is 16.4. The zero-order chi connectivity index (χ0) is 6.57. The van der Waals surface area contributed by atoms with Gasteiger partial charge in [0.25, 0.3) is 0 Å². The molecule has 0 spiro atoms. The van der Waals surface area contributed by atoms with E-state index in [4.69, 9.17) is 10.8 Å². The number of carboxylic acids is 1. The van der Waals surface area contributed by atoms with Crippen molar-refractivity contribution < 1.29 is 14.7 Å². The molecule has 0 amide bonds. The molecule has 1 unspecified atom stereocenters. The zero-order valence-corrected chi connectivity index (χ0v) is 4.00. The van der Waals surface area contributed by atoms with Gasteiger partial charge in [-0.15, -0.1) is 0 Å². The van der Waals surface area contributed by atoms with E-state index in [1.54, 1.807) is 0 Å². The molecule has 0 aromatic heterocycles. The highest BCUT2D eigenvalue weighted by Gasteiger charge is 2.05. The molecule has 1 atom stereocenters. The first-order valence-electron chi connectivity index (χ1n) is 1.88. The van der Waals surface area contributed by atoms with Crippen molar-refractivity contribution >= 4 is 11.9 Å². The van der Waals surface area contributed by atoms with Crippen LogP contribution in [0.3, 0.4) is 0 Å². The van der Waals surface area contributed by atoms with Crippen molar-refractivity contribution in [2.75, 3.05) is 0 Å². The van der Waals surface area contributed by atoms with Crippen LogP contribution < -0.4 is 5.73 Å². The van der Waals surface area contributed by atoms with E-state index in [0.29, 0.717) is 0 Å². The van der Waals surface area contributed by atoms with E-state index < -0.39 is 12.0 Å². The van der Waals surface area contributed by atoms with Crippen LogP contribution in [0.25, 0.3) is 0 Å². The summed E-state index contributed by atoms with van der Waals surface area (Å²) in [5.74, 6) is 0.0396. The Kier molecular flexibility index (Phi) is 2.54. The van der Waals surface area contributed by atoms with Gasteiger partial charge in [-0.1, -0.05) is 0 Å². The molecule has 4 heteroatoms. The highest BCUT2D eigenvalue weighted by molar-refractivity contribution is 5.78. The van der Waals surface area contributed by atoms with Crippen molar-refractivity contribution in [2.45, 2.75) is 6.04 Å². The molecule has 0 aromatic rings. The van der Waals surface area contributed by atoms with Gasteiger partial charge in [-0.05, 0) is 0 Å². The Labute approximate surface area is 45.6 Å². The van der Waals surface area contributed by atoms with E-state index in [1.165, 1.54) is 5.94 Å². The summed E-state index contributed by atoms with van der Waals surface area (Å²) < 4.78 is 0. The van der Waals surface area contributed by atoms with E-state index in [9.17, 15) is 9.59 Å². The van der Waals surface area contributed by atoms with Crippen molar-refractivity contribution in [3.8, 4) is 0 Å². The second-order valence-corrected chi connectivity index (χ2v) is 1.15. The van der Waals surface area contributed by atoms with Gasteiger partial charge in [0.15, 0.2) is 0 Å². The summed E-state index contributed by atoms with van der Waals surface area (Å²) in [5.41, 5.74) is 4.81. The lowest BCUT2D eigenvalue weighted by Gasteiger charge is -1.91. The third-order valence-electron chi connectivity index (χ3n) is 0.533. The van der Waals surface area contributed by atoms with Crippen LogP contribution in [0.15, 0.2) is 6.08 Å². The first-order chi connectivity index (χ1) is 3.68. The lowest BCUT2D eigenvalue weighted by molar-refractivity contribution is -0.137. The summed E-state index contributed by atoms with van der Waals surface area (Å²) in [6, 6.07) is -1.22. The van der Waals surface area contributed by atoms with Crippen molar-refractivity contribution in [3.63, 3.8) is 0 Å². The maximum Gasteiger partial charge on any atom is 0.325 e. The van der Waals surface area contributed by atoms with Crippen LogP contribution in [0.4, 0.5) is 0 Å². The van der Waals surface area contributed by atoms with E-state index in [1.807, 2.05) is 0 Å². The third-order valence-corrected chi connectivity index (χ3v) is 0.533. The molecule has 0 aliphatic carbocycles. The van der Waals surface area contributed by atoms with Crippen molar-refractivity contribution in [3.05, 3.63) is 6.08 Å². The number of carbonyl (C=O) groups is 1. The number of nitrogens with two attached hydrogens (primary N) is 1. The second-order valence-electron chi connectivity index (χ2n) is 1.15. The van der Waals surface area contributed by atoms with Gasteiger partial charge in [0.1, 0.15) is 12.0 Å². The Balaban J connectivity index is 3.82. The maximum atomic E-state index is 9.75. The minimum absolute atomic E-state index is 0.738. The fourth-order valence-corrected chi connectivity index (χ4v) is 0.145. The Morgan fingerprint density at radius 2 is 2.38 bits per heavy atom. The monoisotopic (exact) mass is 115 g/mol. The number of hydrogen-bond acceptors (Lipinski definition) is 3. The predicted octanol–water partition coefficient (Wildman–Crippen LogP) is -1.21. The van der Waals surface area contributed by atoms with E-state index >= 15 is 0 Å². The topological polar surface area (TPSA) is 80.4 Å². The molecule has 0 aromatic carbocycles. The molecule has 0 rings (SSSR count). The summed E-state index contributed by atoms with van der Waals surface area (Å²) >= 11 is 0. The van der Waals surface area contributed by atoms with E-state index in [-0.39, 0.29) is 0 Å². The molecule has 0 fully saturated rings. The number of carbonyl (C=O) groups excluding carboxylic acids is 1. The largest absolute Gasteiger partial charge is 0.480 e. The Morgan fingerprint density at radius 3 is 2.50 bits per heavy atom. The quantitative estimate of drug-likeness (QED) is 0.442. The minimum Gasteiger partial charge on any atom is -0.480 e. The van der Waals surface area contributed by atoms with E-state index in [2.05, 4.69) is 0 Å². The zero-order valence-electron chi connectivity index (χ0n) is 4.00. The first kappa shape index (κ1) is 6.88. The fraction of sp³-hybridized carbons (Fsp3) is 0.250. The number of aliphatic carboxylic acids is 1. The number of rotatable bonds is 2. The minimum atomic E-state index is -1.23. The molecule has 0 radical (unpaired) electrons. The summed E-state index contributed by atoms with van der Waals surface area (Å²) in [4.78, 5) is 19.1. The molecule has 44 valence electrons. The molecule has 8 heavy (non-hydrogen) atoms. The molecule has 4 nitrogen and oxygen atoms in total. The van der Waals surface area contributed by atoms with Gasteiger partial charge in [0.2, 0.25) is 0 Å². The predicted molar refractivity (Wildman–Crippen MR) is 25.9 cm³/mol. The molecule has 0 aliphatic heterocycles. The number of hydrogen-bond donors (Lipinski definition) is 2. The van der Waals surface area contributed by atoms with Crippen molar-refractivity contribution in [2.24, 2.45) is 5.73 Å². The fourth-order valence-electron chi connectivity index (χ4n) is 0.145. The van der Waals surface area contributed by atoms with Gasteiger partial charge in [0, 0.05) is 6.08 Å². The molecular weight excluding hydrogens is 110 g/mol. The standard InChI is InChI=1S/C4H5NO3/c5-3(1-2-6)4(7)8/h1,3H,5H2,(H,7,8). The molecule has 0 saturated carbocycles. The summed E-state index contributed by atoms with van der Waals surface area (Å²) in [5, 5.41) is 7.98. The molecule has 3 N–H and O–H groups in total. The Hall–Kier alpha value is -1.12. The van der Waals surface area contributed by atoms with Crippen molar-refractivity contribution in [1.82, 2.24) is 0 Å². The summed E-state index contributed by atoms with van der Waals surface area (Å²) in [6.45, 7) is 0. The van der Waals surface area contributed by atoms with Crippen LogP contribution in [0.2, 0.25) is 0 Å². The van der Waals surface area contributed by atoms with Crippen LogP contribution in [0.5, 0.6) is 0 Å². The van der Waals surface area contributed by atoms with Gasteiger partial charge in [-0.3, -0.25) is 4.79 Å². The van der Waals surface area contributed by atoms with Crippen LogP contribution in [0, 0.1) is 0 Å². The average Bonchev–Trinajstić information content (AvgIpc) is 1.67. The average molecular weight is 115 g/mol. The Morgan fingerprint density at radius 1 is 1.88 bits per heavy atom. The van der Waals surface area contributed by atoms with Gasteiger partial charge in [0.05, 0.1) is 0 Å². The first-order valence-corrected chi connectivity index (χ1v) is 1.88. The van der Waals surface area contributed by atoms with Gasteiger partial charge >= 0.3 is 5.97 Å². The Bertz CT molecular complexity index is 134. The van der Waals surface area contributed by atoms with Gasteiger partial charge in [-0.2, -0.15) is 0 Å². The van der Waals surface area contributed by atoms with Crippen LogP contribution in [-0.4, -0.2) is 23.1 Å². The SMILES string of the molecule is NC(C=C=O)C(=O)O. The molecule has 0 bridgehead atoms. The lowest BCUT2D eigenvalue weighted by Crippen LogP contribution is -2.27. The van der Waals surface area contributed by atoms with E-state index in [0.717, 1.165) is 6.08 Å².